The molecule has 0 spiro atoms. The second-order valence-corrected chi connectivity index (χ2v) is 12.7. The van der Waals surface area contributed by atoms with Crippen LogP contribution in [0.3, 0.4) is 0 Å². The van der Waals surface area contributed by atoms with Crippen LogP contribution in [0.15, 0.2) is 48.5 Å². The number of benzene rings is 2. The minimum atomic E-state index is -0.723. The van der Waals surface area contributed by atoms with Crippen molar-refractivity contribution in [3.8, 4) is 5.75 Å². The fourth-order valence-corrected chi connectivity index (χ4v) is 5.52. The smallest absolute Gasteiger partial charge is 0.481 e. The Morgan fingerprint density at radius 2 is 1.68 bits per heavy atom. The molecule has 0 aromatic heterocycles. The summed E-state index contributed by atoms with van der Waals surface area (Å²) in [6.07, 6.45) is 3.28. The second-order valence-electron chi connectivity index (χ2n) is 12.7. The van der Waals surface area contributed by atoms with E-state index in [0.29, 0.717) is 25.2 Å². The molecule has 1 aliphatic carbocycles. The van der Waals surface area contributed by atoms with Crippen molar-refractivity contribution in [1.82, 2.24) is 10.6 Å². The van der Waals surface area contributed by atoms with Gasteiger partial charge in [0.25, 0.3) is 0 Å². The maximum atomic E-state index is 13.9. The molecule has 3 atom stereocenters. The molecule has 1 saturated heterocycles. The number of ether oxygens (including phenoxy) is 1. The SMILES string of the molecule is COc1ccc2c(c1)CC(C(=O)N[C@@H](Cc1ccccc1)C(=O)NC(CC(C)C)B1OC(C)(C)C(C)(C)O1)CC2. The largest absolute Gasteiger partial charge is 0.497 e. The third-order valence-corrected chi connectivity index (χ3v) is 8.58. The minimum Gasteiger partial charge on any atom is -0.497 e. The Morgan fingerprint density at radius 3 is 2.30 bits per heavy atom. The Kier molecular flexibility index (Phi) is 9.31. The zero-order chi connectivity index (χ0) is 29.1. The molecule has 0 saturated carbocycles. The lowest BCUT2D eigenvalue weighted by molar-refractivity contribution is -0.131. The number of fused-ring (bicyclic) bond motifs is 1. The lowest BCUT2D eigenvalue weighted by atomic mass is 9.73. The van der Waals surface area contributed by atoms with E-state index in [4.69, 9.17) is 14.0 Å². The number of hydrogen-bond acceptors (Lipinski definition) is 5. The van der Waals surface area contributed by atoms with Crippen molar-refractivity contribution in [1.29, 1.82) is 0 Å². The van der Waals surface area contributed by atoms with E-state index in [0.717, 1.165) is 29.7 Å². The van der Waals surface area contributed by atoms with Gasteiger partial charge in [0.1, 0.15) is 11.8 Å². The summed E-state index contributed by atoms with van der Waals surface area (Å²) < 4.78 is 18.0. The van der Waals surface area contributed by atoms with Crippen LogP contribution in [0.4, 0.5) is 0 Å². The van der Waals surface area contributed by atoms with Crippen molar-refractivity contribution >= 4 is 18.9 Å². The lowest BCUT2D eigenvalue weighted by Gasteiger charge is -2.32. The number of aryl methyl sites for hydroxylation is 1. The van der Waals surface area contributed by atoms with Gasteiger partial charge in [-0.2, -0.15) is 0 Å². The van der Waals surface area contributed by atoms with Crippen LogP contribution < -0.4 is 15.4 Å². The van der Waals surface area contributed by atoms with Crippen molar-refractivity contribution in [3.05, 3.63) is 65.2 Å². The summed E-state index contributed by atoms with van der Waals surface area (Å²) in [6, 6.07) is 15.1. The van der Waals surface area contributed by atoms with E-state index >= 15 is 0 Å². The third-order valence-electron chi connectivity index (χ3n) is 8.58. The van der Waals surface area contributed by atoms with E-state index in [1.807, 2.05) is 70.2 Å². The molecule has 40 heavy (non-hydrogen) atoms. The van der Waals surface area contributed by atoms with E-state index in [9.17, 15) is 9.59 Å². The maximum Gasteiger partial charge on any atom is 0.481 e. The van der Waals surface area contributed by atoms with Gasteiger partial charge in [-0.1, -0.05) is 50.2 Å². The van der Waals surface area contributed by atoms with Gasteiger partial charge in [0.15, 0.2) is 0 Å². The first-order chi connectivity index (χ1) is 18.9. The van der Waals surface area contributed by atoms with Crippen LogP contribution in [0.2, 0.25) is 0 Å². The quantitative estimate of drug-likeness (QED) is 0.421. The first-order valence-electron chi connectivity index (χ1n) is 14.5. The van der Waals surface area contributed by atoms with Gasteiger partial charge in [-0.3, -0.25) is 9.59 Å². The van der Waals surface area contributed by atoms with Crippen LogP contribution in [0.1, 0.15) is 71.1 Å². The summed E-state index contributed by atoms with van der Waals surface area (Å²) in [6.45, 7) is 12.3. The molecule has 2 N–H and O–H groups in total. The number of methoxy groups -OCH3 is 1. The molecular weight excluding hydrogens is 503 g/mol. The molecule has 2 aromatic rings. The predicted octanol–water partition coefficient (Wildman–Crippen LogP) is 4.69. The molecule has 2 unspecified atom stereocenters. The highest BCUT2D eigenvalue weighted by atomic mass is 16.7. The molecule has 0 radical (unpaired) electrons. The number of carbonyl (C=O) groups is 2. The van der Waals surface area contributed by atoms with E-state index in [-0.39, 0.29) is 23.7 Å². The Balaban J connectivity index is 1.51. The first-order valence-corrected chi connectivity index (χ1v) is 14.5. The number of rotatable bonds is 10. The van der Waals surface area contributed by atoms with E-state index in [1.165, 1.54) is 5.56 Å². The summed E-state index contributed by atoms with van der Waals surface area (Å²) in [4.78, 5) is 27.5. The van der Waals surface area contributed by atoms with Crippen molar-refractivity contribution in [2.75, 3.05) is 7.11 Å². The number of nitrogens with one attached hydrogen (secondary N) is 2. The van der Waals surface area contributed by atoms with Crippen LogP contribution in [-0.2, 0) is 38.2 Å². The van der Waals surface area contributed by atoms with Crippen LogP contribution >= 0.6 is 0 Å². The maximum absolute atomic E-state index is 13.9. The fraction of sp³-hybridized carbons (Fsp3) is 0.562. The van der Waals surface area contributed by atoms with E-state index < -0.39 is 24.4 Å². The zero-order valence-electron chi connectivity index (χ0n) is 25.1. The Labute approximate surface area is 239 Å². The van der Waals surface area contributed by atoms with Gasteiger partial charge in [0.2, 0.25) is 11.8 Å². The van der Waals surface area contributed by atoms with Gasteiger partial charge >= 0.3 is 7.12 Å². The topological polar surface area (TPSA) is 85.9 Å². The first kappa shape index (κ1) is 30.1. The Bertz CT molecular complexity index is 1170. The molecule has 2 aromatic carbocycles. The van der Waals surface area contributed by atoms with Crippen molar-refractivity contribution in [2.45, 2.75) is 96.8 Å². The van der Waals surface area contributed by atoms with Gasteiger partial charge in [-0.25, -0.2) is 0 Å². The molecule has 8 heteroatoms. The monoisotopic (exact) mass is 548 g/mol. The summed E-state index contributed by atoms with van der Waals surface area (Å²) in [7, 11) is 1.08. The van der Waals surface area contributed by atoms with Crippen LogP contribution in [-0.4, -0.2) is 49.2 Å². The molecule has 0 bridgehead atoms. The number of amides is 2. The van der Waals surface area contributed by atoms with E-state index in [2.05, 4.69) is 30.5 Å². The Hall–Kier alpha value is -2.84. The normalized spacial score (nSPS) is 20.9. The molecule has 4 rings (SSSR count). The number of hydrogen-bond donors (Lipinski definition) is 2. The highest BCUT2D eigenvalue weighted by Crippen LogP contribution is 2.38. The van der Waals surface area contributed by atoms with Crippen LogP contribution in [0, 0.1) is 11.8 Å². The summed E-state index contributed by atoms with van der Waals surface area (Å²) in [5.74, 6) is 0.222. The van der Waals surface area contributed by atoms with Gasteiger partial charge in [0, 0.05) is 12.3 Å². The van der Waals surface area contributed by atoms with Crippen molar-refractivity contribution < 1.29 is 23.6 Å². The van der Waals surface area contributed by atoms with Crippen LogP contribution in [0.5, 0.6) is 5.75 Å². The molecule has 7 nitrogen and oxygen atoms in total. The summed E-state index contributed by atoms with van der Waals surface area (Å²) in [5, 5.41) is 6.32. The third kappa shape index (κ3) is 7.08. The molecule has 2 aliphatic rings. The zero-order valence-corrected chi connectivity index (χ0v) is 25.1. The average molecular weight is 549 g/mol. The molecular formula is C32H45BN2O5. The van der Waals surface area contributed by atoms with Crippen LogP contribution in [0.25, 0.3) is 0 Å². The molecule has 1 fully saturated rings. The van der Waals surface area contributed by atoms with Gasteiger partial charge in [-0.15, -0.1) is 0 Å². The van der Waals surface area contributed by atoms with Gasteiger partial charge in [-0.05, 0) is 88.1 Å². The predicted molar refractivity (Wildman–Crippen MR) is 158 cm³/mol. The standard InChI is InChI=1S/C32H45BN2O5/c1-21(2)17-28(33-39-31(3,4)32(5,6)40-33)35-30(37)27(18-22-11-9-8-10-12-22)34-29(36)24-14-13-23-15-16-26(38-7)20-25(23)19-24/h8-12,15-16,20-21,24,27-28H,13-14,17-19H2,1-7H3,(H,34,36)(H,35,37)/t24?,27-,28?/m0/s1. The highest BCUT2D eigenvalue weighted by molar-refractivity contribution is 6.48. The molecule has 1 heterocycles. The number of carbonyl (C=O) groups excluding carboxylic acids is 2. The summed E-state index contributed by atoms with van der Waals surface area (Å²) >= 11 is 0. The minimum absolute atomic E-state index is 0.0967. The fourth-order valence-electron chi connectivity index (χ4n) is 5.52. The molecule has 216 valence electrons. The Morgan fingerprint density at radius 1 is 1.00 bits per heavy atom. The summed E-state index contributed by atoms with van der Waals surface area (Å²) in [5.41, 5.74) is 2.36. The molecule has 1 aliphatic heterocycles. The van der Waals surface area contributed by atoms with Gasteiger partial charge < -0.3 is 24.7 Å². The highest BCUT2D eigenvalue weighted by Gasteiger charge is 2.54. The molecule has 2 amide bonds. The van der Waals surface area contributed by atoms with Crippen molar-refractivity contribution in [2.24, 2.45) is 11.8 Å². The van der Waals surface area contributed by atoms with E-state index in [1.54, 1.807) is 7.11 Å². The average Bonchev–Trinajstić information content (AvgIpc) is 3.13. The second kappa shape index (κ2) is 12.4. The van der Waals surface area contributed by atoms with Gasteiger partial charge in [0.05, 0.1) is 24.3 Å². The van der Waals surface area contributed by atoms with Crippen molar-refractivity contribution in [3.63, 3.8) is 0 Å². The lowest BCUT2D eigenvalue weighted by Crippen LogP contribution is -2.56.